The van der Waals surface area contributed by atoms with Crippen LogP contribution in [0.3, 0.4) is 0 Å². The second kappa shape index (κ2) is 6.48. The molecular formula is C16H17NO2S. The Morgan fingerprint density at radius 1 is 1.05 bits per heavy atom. The summed E-state index contributed by atoms with van der Waals surface area (Å²) >= 11 is 0. The fraction of sp³-hybridized carbons (Fsp3) is 0.188. The third-order valence-electron chi connectivity index (χ3n) is 3.07. The van der Waals surface area contributed by atoms with Gasteiger partial charge in [-0.3, -0.25) is 9.00 Å². The number of amides is 1. The minimum Gasteiger partial charge on any atom is -0.322 e. The average molecular weight is 287 g/mol. The van der Waals surface area contributed by atoms with Crippen molar-refractivity contribution in [1.82, 2.24) is 0 Å². The highest BCUT2D eigenvalue weighted by Crippen LogP contribution is 2.13. The molecule has 1 unspecified atom stereocenters. The van der Waals surface area contributed by atoms with Gasteiger partial charge in [0.15, 0.2) is 0 Å². The van der Waals surface area contributed by atoms with Gasteiger partial charge in [0.05, 0.1) is 0 Å². The van der Waals surface area contributed by atoms with Gasteiger partial charge in [-0.25, -0.2) is 0 Å². The zero-order chi connectivity index (χ0) is 14.5. The Labute approximate surface area is 121 Å². The number of carbonyl (C=O) groups is 1. The van der Waals surface area contributed by atoms with Crippen molar-refractivity contribution in [3.05, 3.63) is 59.7 Å². The van der Waals surface area contributed by atoms with Crippen molar-refractivity contribution in [2.45, 2.75) is 18.2 Å². The molecule has 0 heterocycles. The number of hydrogen-bond acceptors (Lipinski definition) is 2. The van der Waals surface area contributed by atoms with Crippen molar-refractivity contribution in [2.75, 3.05) is 11.6 Å². The van der Waals surface area contributed by atoms with Gasteiger partial charge in [-0.15, -0.1) is 0 Å². The first-order chi connectivity index (χ1) is 9.60. The molecule has 0 fully saturated rings. The first-order valence-corrected chi connectivity index (χ1v) is 7.99. The summed E-state index contributed by atoms with van der Waals surface area (Å²) in [6.45, 7) is 2.09. The molecule has 2 aromatic carbocycles. The predicted molar refractivity (Wildman–Crippen MR) is 82.5 cm³/mol. The van der Waals surface area contributed by atoms with E-state index in [1.807, 2.05) is 24.3 Å². The Balaban J connectivity index is 2.08. The number of benzene rings is 2. The van der Waals surface area contributed by atoms with Crippen LogP contribution in [0.15, 0.2) is 53.4 Å². The molecule has 2 rings (SSSR count). The third-order valence-corrected chi connectivity index (χ3v) is 4.00. The van der Waals surface area contributed by atoms with Gasteiger partial charge in [0.25, 0.3) is 5.91 Å². The smallest absolute Gasteiger partial charge is 0.255 e. The molecule has 0 aromatic heterocycles. The van der Waals surface area contributed by atoms with E-state index in [0.717, 1.165) is 12.1 Å². The molecule has 0 radical (unpaired) electrons. The van der Waals surface area contributed by atoms with Crippen LogP contribution in [0.1, 0.15) is 22.8 Å². The summed E-state index contributed by atoms with van der Waals surface area (Å²) in [4.78, 5) is 12.8. The van der Waals surface area contributed by atoms with E-state index in [9.17, 15) is 9.00 Å². The molecule has 0 aliphatic carbocycles. The maximum absolute atomic E-state index is 12.1. The van der Waals surface area contributed by atoms with Crippen molar-refractivity contribution in [3.63, 3.8) is 0 Å². The Morgan fingerprint density at radius 3 is 2.15 bits per heavy atom. The number of aryl methyl sites for hydroxylation is 1. The summed E-state index contributed by atoms with van der Waals surface area (Å²) in [5, 5.41) is 2.84. The monoisotopic (exact) mass is 287 g/mol. The quantitative estimate of drug-likeness (QED) is 0.938. The largest absolute Gasteiger partial charge is 0.322 e. The molecule has 0 bridgehead atoms. The van der Waals surface area contributed by atoms with E-state index in [1.54, 1.807) is 30.5 Å². The number of nitrogens with one attached hydrogen (secondary N) is 1. The molecule has 0 spiro atoms. The Morgan fingerprint density at radius 2 is 1.65 bits per heavy atom. The minimum absolute atomic E-state index is 0.164. The maximum Gasteiger partial charge on any atom is 0.255 e. The Hall–Kier alpha value is -1.94. The van der Waals surface area contributed by atoms with E-state index >= 15 is 0 Å². The zero-order valence-electron chi connectivity index (χ0n) is 11.6. The highest BCUT2D eigenvalue weighted by Gasteiger charge is 2.06. The summed E-state index contributed by atoms with van der Waals surface area (Å²) in [5.41, 5.74) is 2.56. The molecule has 1 atom stereocenters. The first kappa shape index (κ1) is 14.5. The summed E-state index contributed by atoms with van der Waals surface area (Å²) in [5.74, 6) is -0.164. The molecular weight excluding hydrogens is 270 g/mol. The lowest BCUT2D eigenvalue weighted by molar-refractivity contribution is 0.102. The van der Waals surface area contributed by atoms with E-state index in [-0.39, 0.29) is 5.91 Å². The zero-order valence-corrected chi connectivity index (χ0v) is 12.4. The summed E-state index contributed by atoms with van der Waals surface area (Å²) in [6.07, 6.45) is 2.59. The van der Waals surface area contributed by atoms with E-state index in [4.69, 9.17) is 0 Å². The lowest BCUT2D eigenvalue weighted by Gasteiger charge is -2.06. The molecule has 0 saturated carbocycles. The molecule has 4 heteroatoms. The lowest BCUT2D eigenvalue weighted by Crippen LogP contribution is -2.11. The SMILES string of the molecule is CCc1ccc(NC(=O)c2ccc(S(C)=O)cc2)cc1. The molecule has 3 nitrogen and oxygen atoms in total. The normalized spacial score (nSPS) is 11.9. The molecule has 1 amide bonds. The van der Waals surface area contributed by atoms with Gasteiger partial charge in [0.2, 0.25) is 0 Å². The van der Waals surface area contributed by atoms with Gasteiger partial charge >= 0.3 is 0 Å². The van der Waals surface area contributed by atoms with Crippen LogP contribution in [0.4, 0.5) is 5.69 Å². The van der Waals surface area contributed by atoms with Crippen molar-refractivity contribution in [3.8, 4) is 0 Å². The van der Waals surface area contributed by atoms with Crippen LogP contribution in [0.25, 0.3) is 0 Å². The highest BCUT2D eigenvalue weighted by molar-refractivity contribution is 7.84. The Bertz CT molecular complexity index is 618. The number of rotatable bonds is 4. The highest BCUT2D eigenvalue weighted by atomic mass is 32.2. The first-order valence-electron chi connectivity index (χ1n) is 6.44. The van der Waals surface area contributed by atoms with Gasteiger partial charge in [0.1, 0.15) is 0 Å². The topological polar surface area (TPSA) is 46.2 Å². The van der Waals surface area contributed by atoms with Gasteiger partial charge in [-0.2, -0.15) is 0 Å². The summed E-state index contributed by atoms with van der Waals surface area (Å²) < 4.78 is 11.3. The minimum atomic E-state index is -1.02. The molecule has 2 aromatic rings. The summed E-state index contributed by atoms with van der Waals surface area (Å²) in [7, 11) is -1.02. The van der Waals surface area contributed by atoms with Crippen molar-refractivity contribution in [2.24, 2.45) is 0 Å². The standard InChI is InChI=1S/C16H17NO2S/c1-3-12-4-8-14(9-5-12)17-16(18)13-6-10-15(11-7-13)20(2)19/h4-11H,3H2,1-2H3,(H,17,18). The van der Waals surface area contributed by atoms with E-state index in [0.29, 0.717) is 10.5 Å². The molecule has 1 N–H and O–H groups in total. The van der Waals surface area contributed by atoms with E-state index < -0.39 is 10.8 Å². The third kappa shape index (κ3) is 3.54. The van der Waals surface area contributed by atoms with Crippen LogP contribution in [-0.4, -0.2) is 16.4 Å². The van der Waals surface area contributed by atoms with Crippen LogP contribution < -0.4 is 5.32 Å². The maximum atomic E-state index is 12.1. The van der Waals surface area contributed by atoms with Crippen LogP contribution in [0, 0.1) is 0 Å². The van der Waals surface area contributed by atoms with Crippen LogP contribution >= 0.6 is 0 Å². The van der Waals surface area contributed by atoms with E-state index in [1.165, 1.54) is 5.56 Å². The van der Waals surface area contributed by atoms with Crippen LogP contribution in [0.2, 0.25) is 0 Å². The summed E-state index contributed by atoms with van der Waals surface area (Å²) in [6, 6.07) is 14.6. The molecule has 0 aliphatic heterocycles. The number of carbonyl (C=O) groups excluding carboxylic acids is 1. The molecule has 104 valence electrons. The van der Waals surface area contributed by atoms with Gasteiger partial charge < -0.3 is 5.32 Å². The van der Waals surface area contributed by atoms with Gasteiger partial charge in [-0.1, -0.05) is 19.1 Å². The van der Waals surface area contributed by atoms with Crippen LogP contribution in [0.5, 0.6) is 0 Å². The second-order valence-corrected chi connectivity index (χ2v) is 5.86. The lowest BCUT2D eigenvalue weighted by atomic mass is 10.1. The fourth-order valence-electron chi connectivity index (χ4n) is 1.82. The van der Waals surface area contributed by atoms with Crippen molar-refractivity contribution < 1.29 is 9.00 Å². The molecule has 20 heavy (non-hydrogen) atoms. The fourth-order valence-corrected chi connectivity index (χ4v) is 2.34. The van der Waals surface area contributed by atoms with Crippen molar-refractivity contribution >= 4 is 22.4 Å². The molecule has 0 saturated heterocycles. The van der Waals surface area contributed by atoms with Gasteiger partial charge in [-0.05, 0) is 48.4 Å². The predicted octanol–water partition coefficient (Wildman–Crippen LogP) is 3.24. The molecule has 0 aliphatic rings. The Kier molecular flexibility index (Phi) is 4.69. The van der Waals surface area contributed by atoms with E-state index in [2.05, 4.69) is 12.2 Å². The second-order valence-electron chi connectivity index (χ2n) is 4.48. The van der Waals surface area contributed by atoms with Crippen molar-refractivity contribution in [1.29, 1.82) is 0 Å². The van der Waals surface area contributed by atoms with Crippen LogP contribution in [-0.2, 0) is 17.2 Å². The number of hydrogen-bond donors (Lipinski definition) is 1. The average Bonchev–Trinajstić information content (AvgIpc) is 2.48. The van der Waals surface area contributed by atoms with Gasteiger partial charge in [0, 0.05) is 33.2 Å². The number of anilines is 1.